The molecule has 0 amide bonds. The summed E-state index contributed by atoms with van der Waals surface area (Å²) in [5.41, 5.74) is 0.921. The molecule has 5 nitrogen and oxygen atoms in total. The summed E-state index contributed by atoms with van der Waals surface area (Å²) in [6, 6.07) is 5.05. The minimum absolute atomic E-state index is 0.0189. The third-order valence-electron chi connectivity index (χ3n) is 2.73. The first-order valence-electron chi connectivity index (χ1n) is 6.21. The number of nitrogens with zero attached hydrogens (tertiary/aromatic N) is 1. The number of rotatable bonds is 8. The monoisotopic (exact) mass is 252 g/mol. The Bertz CT molecular complexity index is 394. The number of ether oxygens (including phenoxy) is 1. The van der Waals surface area contributed by atoms with Crippen LogP contribution < -0.4 is 10.1 Å². The first-order chi connectivity index (χ1) is 8.69. The molecule has 18 heavy (non-hydrogen) atoms. The molecule has 1 aromatic carbocycles. The van der Waals surface area contributed by atoms with Crippen LogP contribution in [0.5, 0.6) is 5.75 Å². The number of nitrogens with one attached hydrogen (secondary N) is 1. The van der Waals surface area contributed by atoms with Crippen molar-refractivity contribution in [3.63, 3.8) is 0 Å². The summed E-state index contributed by atoms with van der Waals surface area (Å²) in [4.78, 5) is 10.4. The lowest BCUT2D eigenvalue weighted by molar-refractivity contribution is -0.385. The normalized spacial score (nSPS) is 10.3. The number of hydrogen-bond acceptors (Lipinski definition) is 4. The van der Waals surface area contributed by atoms with Gasteiger partial charge in [0.05, 0.1) is 12.0 Å². The van der Waals surface area contributed by atoms with Gasteiger partial charge in [-0.25, -0.2) is 0 Å². The average molecular weight is 252 g/mol. The minimum atomic E-state index is -0.417. The first-order valence-corrected chi connectivity index (χ1v) is 6.21. The van der Waals surface area contributed by atoms with Gasteiger partial charge in [-0.05, 0) is 24.6 Å². The molecule has 0 saturated carbocycles. The maximum atomic E-state index is 10.9. The molecule has 5 heteroatoms. The van der Waals surface area contributed by atoms with Crippen molar-refractivity contribution in [3.8, 4) is 5.75 Å². The van der Waals surface area contributed by atoms with E-state index in [1.165, 1.54) is 20.0 Å². The molecular weight excluding hydrogens is 232 g/mol. The highest BCUT2D eigenvalue weighted by Crippen LogP contribution is 2.27. The minimum Gasteiger partial charge on any atom is -0.490 e. The van der Waals surface area contributed by atoms with E-state index in [2.05, 4.69) is 12.2 Å². The summed E-state index contributed by atoms with van der Waals surface area (Å²) in [6.07, 6.45) is 3.53. The summed E-state index contributed by atoms with van der Waals surface area (Å²) < 4.78 is 4.96. The van der Waals surface area contributed by atoms with Gasteiger partial charge in [-0.1, -0.05) is 25.8 Å². The molecule has 0 atom stereocenters. The highest BCUT2D eigenvalue weighted by atomic mass is 16.6. The molecule has 0 fully saturated rings. The first kappa shape index (κ1) is 14.4. The largest absolute Gasteiger partial charge is 0.490 e. The number of nitro benzene ring substituents is 1. The van der Waals surface area contributed by atoms with E-state index in [0.29, 0.717) is 12.3 Å². The fourth-order valence-corrected chi connectivity index (χ4v) is 1.72. The molecule has 0 heterocycles. The molecule has 0 saturated heterocycles. The maximum Gasteiger partial charge on any atom is 0.311 e. The van der Waals surface area contributed by atoms with Crippen molar-refractivity contribution in [2.45, 2.75) is 32.7 Å². The van der Waals surface area contributed by atoms with E-state index in [9.17, 15) is 10.1 Å². The van der Waals surface area contributed by atoms with Gasteiger partial charge in [0.15, 0.2) is 5.75 Å². The predicted octanol–water partition coefficient (Wildman–Crippen LogP) is 2.88. The van der Waals surface area contributed by atoms with E-state index in [0.717, 1.165) is 18.5 Å². The van der Waals surface area contributed by atoms with Gasteiger partial charge in [-0.3, -0.25) is 10.1 Å². The molecule has 0 aromatic heterocycles. The second kappa shape index (κ2) is 7.66. The molecule has 0 aliphatic heterocycles. The number of hydrogen-bond donors (Lipinski definition) is 1. The lowest BCUT2D eigenvalue weighted by Gasteiger charge is -2.06. The van der Waals surface area contributed by atoms with Gasteiger partial charge < -0.3 is 10.1 Å². The van der Waals surface area contributed by atoms with Gasteiger partial charge in [0.1, 0.15) is 0 Å². The van der Waals surface area contributed by atoms with Crippen LogP contribution in [0.15, 0.2) is 18.2 Å². The Morgan fingerprint density at radius 1 is 1.39 bits per heavy atom. The Labute approximate surface area is 107 Å². The van der Waals surface area contributed by atoms with Gasteiger partial charge in [0.25, 0.3) is 0 Å². The predicted molar refractivity (Wildman–Crippen MR) is 70.9 cm³/mol. The fourth-order valence-electron chi connectivity index (χ4n) is 1.72. The van der Waals surface area contributed by atoms with E-state index in [-0.39, 0.29) is 5.69 Å². The van der Waals surface area contributed by atoms with Crippen molar-refractivity contribution in [2.75, 3.05) is 13.7 Å². The zero-order valence-corrected chi connectivity index (χ0v) is 10.9. The number of benzene rings is 1. The Morgan fingerprint density at radius 3 is 2.78 bits per heavy atom. The van der Waals surface area contributed by atoms with Crippen molar-refractivity contribution in [1.82, 2.24) is 5.32 Å². The zero-order chi connectivity index (χ0) is 13.4. The van der Waals surface area contributed by atoms with E-state index in [1.54, 1.807) is 12.1 Å². The lowest BCUT2D eigenvalue weighted by Crippen LogP contribution is -2.14. The van der Waals surface area contributed by atoms with Crippen LogP contribution in [0.25, 0.3) is 0 Å². The third kappa shape index (κ3) is 4.33. The van der Waals surface area contributed by atoms with Crippen LogP contribution in [-0.2, 0) is 6.54 Å². The summed E-state index contributed by atoms with van der Waals surface area (Å²) in [7, 11) is 1.44. The van der Waals surface area contributed by atoms with Crippen LogP contribution in [0.4, 0.5) is 5.69 Å². The highest BCUT2D eigenvalue weighted by Gasteiger charge is 2.14. The van der Waals surface area contributed by atoms with Crippen molar-refractivity contribution < 1.29 is 9.66 Å². The molecule has 0 aliphatic rings. The molecule has 100 valence electrons. The Balaban J connectivity index is 2.56. The van der Waals surface area contributed by atoms with Crippen LogP contribution >= 0.6 is 0 Å². The fraction of sp³-hybridized carbons (Fsp3) is 0.538. The molecule has 0 aliphatic carbocycles. The quantitative estimate of drug-likeness (QED) is 0.439. The molecule has 1 aromatic rings. The number of methoxy groups -OCH3 is 1. The molecular formula is C13H20N2O3. The van der Waals surface area contributed by atoms with Crippen LogP contribution in [0.3, 0.4) is 0 Å². The smallest absolute Gasteiger partial charge is 0.311 e. The molecule has 0 unspecified atom stereocenters. The topological polar surface area (TPSA) is 64.4 Å². The molecule has 0 bridgehead atoms. The Morgan fingerprint density at radius 2 is 2.17 bits per heavy atom. The van der Waals surface area contributed by atoms with Gasteiger partial charge in [-0.15, -0.1) is 0 Å². The van der Waals surface area contributed by atoms with Gasteiger partial charge in [0.2, 0.25) is 0 Å². The summed E-state index contributed by atoms with van der Waals surface area (Å²) >= 11 is 0. The standard InChI is InChI=1S/C13H20N2O3/c1-3-4-5-8-14-10-11-6-7-13(18-2)12(9-11)15(16)17/h6-7,9,14H,3-5,8,10H2,1-2H3. The Hall–Kier alpha value is -1.62. The van der Waals surface area contributed by atoms with E-state index in [1.807, 2.05) is 6.07 Å². The lowest BCUT2D eigenvalue weighted by atomic mass is 10.2. The van der Waals surface area contributed by atoms with Crippen molar-refractivity contribution in [2.24, 2.45) is 0 Å². The molecule has 0 radical (unpaired) electrons. The van der Waals surface area contributed by atoms with Crippen LogP contribution in [0, 0.1) is 10.1 Å². The SMILES string of the molecule is CCCCCNCc1ccc(OC)c([N+](=O)[O-])c1. The number of nitro groups is 1. The van der Waals surface area contributed by atoms with Gasteiger partial charge >= 0.3 is 5.69 Å². The van der Waals surface area contributed by atoms with Crippen LogP contribution in [-0.4, -0.2) is 18.6 Å². The molecule has 1 rings (SSSR count). The highest BCUT2D eigenvalue weighted by molar-refractivity contribution is 5.48. The van der Waals surface area contributed by atoms with E-state index in [4.69, 9.17) is 4.74 Å². The van der Waals surface area contributed by atoms with E-state index >= 15 is 0 Å². The third-order valence-corrected chi connectivity index (χ3v) is 2.73. The van der Waals surface area contributed by atoms with Crippen molar-refractivity contribution >= 4 is 5.69 Å². The summed E-state index contributed by atoms with van der Waals surface area (Å²) in [5.74, 6) is 0.301. The number of unbranched alkanes of at least 4 members (excludes halogenated alkanes) is 2. The van der Waals surface area contributed by atoms with E-state index < -0.39 is 4.92 Å². The zero-order valence-electron chi connectivity index (χ0n) is 10.9. The van der Waals surface area contributed by atoms with Crippen LogP contribution in [0.2, 0.25) is 0 Å². The second-order valence-electron chi connectivity index (χ2n) is 4.15. The van der Waals surface area contributed by atoms with Gasteiger partial charge in [-0.2, -0.15) is 0 Å². The summed E-state index contributed by atoms with van der Waals surface area (Å²) in [5, 5.41) is 14.1. The maximum absolute atomic E-state index is 10.9. The molecule has 1 N–H and O–H groups in total. The van der Waals surface area contributed by atoms with Crippen molar-refractivity contribution in [1.29, 1.82) is 0 Å². The van der Waals surface area contributed by atoms with Gasteiger partial charge in [0, 0.05) is 12.6 Å². The average Bonchev–Trinajstić information content (AvgIpc) is 2.38. The molecule has 0 spiro atoms. The Kier molecular flexibility index (Phi) is 6.14. The summed E-state index contributed by atoms with van der Waals surface area (Å²) in [6.45, 7) is 3.75. The van der Waals surface area contributed by atoms with Crippen molar-refractivity contribution in [3.05, 3.63) is 33.9 Å². The second-order valence-corrected chi connectivity index (χ2v) is 4.15. The van der Waals surface area contributed by atoms with Crippen LogP contribution in [0.1, 0.15) is 31.7 Å².